The van der Waals surface area contributed by atoms with Crippen LogP contribution in [0.15, 0.2) is 0 Å². The van der Waals surface area contributed by atoms with Crippen LogP contribution in [-0.2, 0) is 0 Å². The number of rotatable bonds is 3. The van der Waals surface area contributed by atoms with Crippen molar-refractivity contribution in [1.29, 1.82) is 0 Å². The summed E-state index contributed by atoms with van der Waals surface area (Å²) in [6, 6.07) is 0. The van der Waals surface area contributed by atoms with E-state index in [0.29, 0.717) is 23.8 Å². The summed E-state index contributed by atoms with van der Waals surface area (Å²) in [7, 11) is 0. The molecule has 20 heavy (non-hydrogen) atoms. The predicted octanol–water partition coefficient (Wildman–Crippen LogP) is 3.84. The molecule has 112 valence electrons. The molecule has 3 nitrogen and oxygen atoms in total. The average molecular weight is 275 g/mol. The first-order valence-electron chi connectivity index (χ1n) is 7.89. The number of aromatic nitrogens is 2. The molecule has 0 spiro atoms. The fourth-order valence-electron chi connectivity index (χ4n) is 3.42. The normalized spacial score (nSPS) is 20.9. The van der Waals surface area contributed by atoms with Gasteiger partial charge < -0.3 is 5.73 Å². The van der Waals surface area contributed by atoms with Crippen molar-refractivity contribution in [1.82, 2.24) is 9.97 Å². The molecule has 0 amide bonds. The third-order valence-corrected chi connectivity index (χ3v) is 4.89. The lowest BCUT2D eigenvalue weighted by atomic mass is 9.73. The smallest absolute Gasteiger partial charge is 0.131 e. The zero-order valence-electron chi connectivity index (χ0n) is 13.7. The summed E-state index contributed by atoms with van der Waals surface area (Å²) in [4.78, 5) is 9.62. The Kier molecular flexibility index (Phi) is 4.48. The zero-order chi connectivity index (χ0) is 14.9. The van der Waals surface area contributed by atoms with Crippen molar-refractivity contribution < 1.29 is 0 Å². The van der Waals surface area contributed by atoms with Crippen LogP contribution in [0.2, 0.25) is 0 Å². The minimum absolute atomic E-state index is 0.342. The number of hydrogen-bond acceptors (Lipinski definition) is 3. The molecule has 0 radical (unpaired) electrons. The second kappa shape index (κ2) is 5.80. The maximum Gasteiger partial charge on any atom is 0.131 e. The second-order valence-electron chi connectivity index (χ2n) is 7.24. The lowest BCUT2D eigenvalue weighted by molar-refractivity contribution is 0.220. The van der Waals surface area contributed by atoms with Gasteiger partial charge in [0.1, 0.15) is 5.82 Å². The molecule has 3 heteroatoms. The highest BCUT2D eigenvalue weighted by Gasteiger charge is 2.29. The van der Waals surface area contributed by atoms with E-state index in [-0.39, 0.29) is 0 Å². The molecule has 1 unspecified atom stereocenters. The number of hydrogen-bond donors (Lipinski definition) is 1. The van der Waals surface area contributed by atoms with E-state index in [1.165, 1.54) is 31.2 Å². The molecule has 1 aromatic rings. The van der Waals surface area contributed by atoms with Crippen molar-refractivity contribution in [3.8, 4) is 0 Å². The average Bonchev–Trinajstić information content (AvgIpc) is 2.37. The van der Waals surface area contributed by atoms with Crippen LogP contribution in [0, 0.1) is 19.3 Å². The Bertz CT molecular complexity index is 446. The topological polar surface area (TPSA) is 51.8 Å². The van der Waals surface area contributed by atoms with Crippen LogP contribution in [0.5, 0.6) is 0 Å². The van der Waals surface area contributed by atoms with E-state index in [4.69, 9.17) is 15.7 Å². The largest absolute Gasteiger partial charge is 0.330 e. The van der Waals surface area contributed by atoms with E-state index in [2.05, 4.69) is 34.6 Å². The van der Waals surface area contributed by atoms with Gasteiger partial charge >= 0.3 is 0 Å². The van der Waals surface area contributed by atoms with Gasteiger partial charge in [0.05, 0.1) is 0 Å². The third kappa shape index (κ3) is 3.20. The summed E-state index contributed by atoms with van der Waals surface area (Å²) in [5.74, 6) is 1.94. The van der Waals surface area contributed by atoms with Crippen LogP contribution in [0.25, 0.3) is 0 Å². The van der Waals surface area contributed by atoms with Gasteiger partial charge in [-0.15, -0.1) is 0 Å². The van der Waals surface area contributed by atoms with Gasteiger partial charge in [0.2, 0.25) is 0 Å². The Labute approximate surface area is 123 Å². The summed E-state index contributed by atoms with van der Waals surface area (Å²) >= 11 is 0. The Morgan fingerprint density at radius 2 is 1.65 bits per heavy atom. The van der Waals surface area contributed by atoms with Crippen LogP contribution in [0.1, 0.15) is 81.1 Å². The molecule has 1 aromatic heterocycles. The van der Waals surface area contributed by atoms with Crippen LogP contribution in [0.4, 0.5) is 0 Å². The molecule has 0 aromatic carbocycles. The summed E-state index contributed by atoms with van der Waals surface area (Å²) in [5.41, 5.74) is 9.78. The number of aryl methyl sites for hydroxylation is 2. The predicted molar refractivity (Wildman–Crippen MR) is 84.0 cm³/mol. The summed E-state index contributed by atoms with van der Waals surface area (Å²) in [6.45, 7) is 11.8. The Balaban J connectivity index is 2.23. The molecule has 0 saturated heterocycles. The first kappa shape index (κ1) is 15.4. The first-order chi connectivity index (χ1) is 9.34. The van der Waals surface area contributed by atoms with E-state index < -0.39 is 0 Å². The molecule has 1 aliphatic carbocycles. The molecule has 2 N–H and O–H groups in total. The minimum atomic E-state index is 0.342. The van der Waals surface area contributed by atoms with E-state index in [0.717, 1.165) is 17.2 Å². The maximum absolute atomic E-state index is 5.80. The SMILES string of the molecule is Cc1nc(C2CCC(C)(C)CC2)nc(C)c1C(C)CN. The highest BCUT2D eigenvalue weighted by atomic mass is 14.9. The van der Waals surface area contributed by atoms with E-state index in [1.807, 2.05) is 0 Å². The molecule has 1 aliphatic rings. The van der Waals surface area contributed by atoms with Crippen molar-refractivity contribution in [2.45, 2.75) is 72.1 Å². The third-order valence-electron chi connectivity index (χ3n) is 4.89. The van der Waals surface area contributed by atoms with Crippen molar-refractivity contribution >= 4 is 0 Å². The quantitative estimate of drug-likeness (QED) is 0.912. The van der Waals surface area contributed by atoms with Crippen LogP contribution >= 0.6 is 0 Å². The number of nitrogens with zero attached hydrogens (tertiary/aromatic N) is 2. The molecule has 2 rings (SSSR count). The lowest BCUT2D eigenvalue weighted by Crippen LogP contribution is -2.22. The van der Waals surface area contributed by atoms with Gasteiger partial charge in [-0.05, 0) is 63.0 Å². The summed E-state index contributed by atoms with van der Waals surface area (Å²) in [5, 5.41) is 0. The van der Waals surface area contributed by atoms with Crippen molar-refractivity contribution in [2.24, 2.45) is 11.1 Å². The molecule has 1 fully saturated rings. The number of nitrogens with two attached hydrogens (primary N) is 1. The van der Waals surface area contributed by atoms with Gasteiger partial charge in [-0.1, -0.05) is 20.8 Å². The molecular formula is C17H29N3. The van der Waals surface area contributed by atoms with Gasteiger partial charge in [-0.3, -0.25) is 0 Å². The minimum Gasteiger partial charge on any atom is -0.330 e. The Morgan fingerprint density at radius 3 is 2.10 bits per heavy atom. The van der Waals surface area contributed by atoms with Crippen LogP contribution < -0.4 is 5.73 Å². The molecule has 0 bridgehead atoms. The molecule has 0 aliphatic heterocycles. The summed E-state index contributed by atoms with van der Waals surface area (Å²) < 4.78 is 0. The van der Waals surface area contributed by atoms with Gasteiger partial charge in [0, 0.05) is 17.3 Å². The second-order valence-corrected chi connectivity index (χ2v) is 7.24. The van der Waals surface area contributed by atoms with Gasteiger partial charge in [0.15, 0.2) is 0 Å². The van der Waals surface area contributed by atoms with Gasteiger partial charge in [0.25, 0.3) is 0 Å². The fourth-order valence-corrected chi connectivity index (χ4v) is 3.42. The molecule has 1 atom stereocenters. The Morgan fingerprint density at radius 1 is 1.15 bits per heavy atom. The van der Waals surface area contributed by atoms with Gasteiger partial charge in [-0.2, -0.15) is 0 Å². The highest BCUT2D eigenvalue weighted by Crippen LogP contribution is 2.41. The standard InChI is InChI=1S/C17H29N3/c1-11(10-18)15-12(2)19-16(20-13(15)3)14-6-8-17(4,5)9-7-14/h11,14H,6-10,18H2,1-5H3. The van der Waals surface area contributed by atoms with Gasteiger partial charge in [-0.25, -0.2) is 9.97 Å². The fraction of sp³-hybridized carbons (Fsp3) is 0.765. The Hall–Kier alpha value is -0.960. The van der Waals surface area contributed by atoms with E-state index in [1.54, 1.807) is 0 Å². The highest BCUT2D eigenvalue weighted by molar-refractivity contribution is 5.29. The zero-order valence-corrected chi connectivity index (χ0v) is 13.7. The van der Waals surface area contributed by atoms with Crippen molar-refractivity contribution in [3.63, 3.8) is 0 Å². The van der Waals surface area contributed by atoms with Crippen LogP contribution in [-0.4, -0.2) is 16.5 Å². The first-order valence-corrected chi connectivity index (χ1v) is 7.89. The molecular weight excluding hydrogens is 246 g/mol. The van der Waals surface area contributed by atoms with Crippen LogP contribution in [0.3, 0.4) is 0 Å². The molecule has 1 saturated carbocycles. The molecule has 1 heterocycles. The monoisotopic (exact) mass is 275 g/mol. The van der Waals surface area contributed by atoms with E-state index in [9.17, 15) is 0 Å². The van der Waals surface area contributed by atoms with E-state index >= 15 is 0 Å². The lowest BCUT2D eigenvalue weighted by Gasteiger charge is -2.33. The van der Waals surface area contributed by atoms with Crippen molar-refractivity contribution in [2.75, 3.05) is 6.54 Å². The summed E-state index contributed by atoms with van der Waals surface area (Å²) in [6.07, 6.45) is 5.00. The van der Waals surface area contributed by atoms with Crippen molar-refractivity contribution in [3.05, 3.63) is 22.8 Å². The maximum atomic E-state index is 5.80.